The van der Waals surface area contributed by atoms with Crippen LogP contribution in [0.2, 0.25) is 10.0 Å². The van der Waals surface area contributed by atoms with Gasteiger partial charge in [0.15, 0.2) is 5.82 Å². The molecular formula is C30H32Cl2N4O5S. The fourth-order valence-corrected chi connectivity index (χ4v) is 6.10. The number of amides is 1. The fourth-order valence-electron chi connectivity index (χ4n) is 4.62. The van der Waals surface area contributed by atoms with Gasteiger partial charge < -0.3 is 9.64 Å². The molecule has 3 aromatic carbocycles. The number of nitrogens with one attached hydrogen (secondary N) is 1. The molecule has 0 fully saturated rings. The van der Waals surface area contributed by atoms with E-state index in [1.807, 2.05) is 0 Å². The highest BCUT2D eigenvalue weighted by atomic mass is 35.5. The first-order valence-corrected chi connectivity index (χ1v) is 15.8. The van der Waals surface area contributed by atoms with Crippen LogP contribution in [-0.2, 0) is 14.8 Å². The van der Waals surface area contributed by atoms with Crippen molar-refractivity contribution in [1.29, 1.82) is 0 Å². The van der Waals surface area contributed by atoms with Crippen LogP contribution in [0.1, 0.15) is 60.0 Å². The van der Waals surface area contributed by atoms with Crippen LogP contribution < -0.4 is 9.62 Å². The number of esters is 1. The molecule has 9 nitrogen and oxygen atoms in total. The molecular weight excluding hydrogens is 599 g/mol. The fraction of sp³-hybridized carbons (Fsp3) is 0.300. The van der Waals surface area contributed by atoms with E-state index in [0.717, 1.165) is 31.3 Å². The van der Waals surface area contributed by atoms with Gasteiger partial charge in [0.1, 0.15) is 5.02 Å². The van der Waals surface area contributed by atoms with Crippen molar-refractivity contribution in [3.63, 3.8) is 0 Å². The predicted molar refractivity (Wildman–Crippen MR) is 166 cm³/mol. The van der Waals surface area contributed by atoms with Gasteiger partial charge in [0.2, 0.25) is 0 Å². The Hall–Kier alpha value is -3.60. The lowest BCUT2D eigenvalue weighted by atomic mass is 10.1. The van der Waals surface area contributed by atoms with Gasteiger partial charge in [-0.05, 0) is 68.5 Å². The zero-order valence-electron chi connectivity index (χ0n) is 23.8. The van der Waals surface area contributed by atoms with E-state index in [2.05, 4.69) is 23.5 Å². The highest BCUT2D eigenvalue weighted by Gasteiger charge is 2.25. The molecule has 222 valence electrons. The van der Waals surface area contributed by atoms with Crippen LogP contribution in [0.15, 0.2) is 59.5 Å². The minimum Gasteiger partial charge on any atom is -0.462 e. The van der Waals surface area contributed by atoms with Crippen LogP contribution >= 0.6 is 23.2 Å². The Bertz CT molecular complexity index is 1750. The Morgan fingerprint density at radius 3 is 2.38 bits per heavy atom. The summed E-state index contributed by atoms with van der Waals surface area (Å²) in [4.78, 5) is 28.2. The third kappa shape index (κ3) is 6.40. The Labute approximate surface area is 255 Å². The number of fused-ring (bicyclic) bond motifs is 1. The van der Waals surface area contributed by atoms with Gasteiger partial charge in [0.05, 0.1) is 28.4 Å². The largest absolute Gasteiger partial charge is 0.462 e. The molecule has 0 aliphatic heterocycles. The number of rotatable bonds is 11. The molecule has 0 unspecified atom stereocenters. The second-order valence-corrected chi connectivity index (χ2v) is 12.1. The summed E-state index contributed by atoms with van der Waals surface area (Å²) < 4.78 is 35.2. The number of halogens is 2. The maximum atomic E-state index is 13.2. The van der Waals surface area contributed by atoms with Crippen molar-refractivity contribution in [1.82, 2.24) is 14.5 Å². The van der Waals surface area contributed by atoms with Crippen molar-refractivity contribution in [3.8, 4) is 5.69 Å². The molecule has 42 heavy (non-hydrogen) atoms. The molecule has 4 aromatic rings. The summed E-state index contributed by atoms with van der Waals surface area (Å²) in [6, 6.07) is 13.9. The van der Waals surface area contributed by atoms with E-state index in [1.54, 1.807) is 42.8 Å². The van der Waals surface area contributed by atoms with Crippen LogP contribution in [0, 0.1) is 6.92 Å². The molecule has 0 aliphatic carbocycles. The number of hydrogen-bond acceptors (Lipinski definition) is 7. The lowest BCUT2D eigenvalue weighted by Crippen LogP contribution is -2.31. The molecule has 0 radical (unpaired) electrons. The number of carbonyl (C=O) groups is 2. The number of hydrogen-bond donors (Lipinski definition) is 1. The van der Waals surface area contributed by atoms with Crippen LogP contribution in [0.3, 0.4) is 0 Å². The lowest BCUT2D eigenvalue weighted by molar-refractivity contribution is 0.0526. The van der Waals surface area contributed by atoms with Gasteiger partial charge in [0, 0.05) is 29.1 Å². The second-order valence-electron chi connectivity index (χ2n) is 9.63. The number of ether oxygens (including phenoxy) is 1. The number of carbonyl (C=O) groups excluding carboxylic acids is 2. The Morgan fingerprint density at radius 1 is 1.00 bits per heavy atom. The van der Waals surface area contributed by atoms with Crippen molar-refractivity contribution in [3.05, 3.63) is 81.5 Å². The molecule has 12 heteroatoms. The van der Waals surface area contributed by atoms with E-state index < -0.39 is 21.9 Å². The maximum absolute atomic E-state index is 13.2. The van der Waals surface area contributed by atoms with Gasteiger partial charge >= 0.3 is 5.97 Å². The predicted octanol–water partition coefficient (Wildman–Crippen LogP) is 6.56. The van der Waals surface area contributed by atoms with Gasteiger partial charge in [-0.25, -0.2) is 22.6 Å². The molecule has 4 rings (SSSR count). The van der Waals surface area contributed by atoms with Crippen molar-refractivity contribution in [2.24, 2.45) is 0 Å². The Kier molecular flexibility index (Phi) is 9.81. The maximum Gasteiger partial charge on any atom is 0.340 e. The summed E-state index contributed by atoms with van der Waals surface area (Å²) in [5.41, 5.74) is 0.921. The first-order chi connectivity index (χ1) is 20.0. The number of nitrogens with zero attached hydrogens (tertiary/aromatic N) is 3. The van der Waals surface area contributed by atoms with E-state index in [-0.39, 0.29) is 22.6 Å². The molecule has 0 aliphatic rings. The Balaban J connectivity index is 1.72. The summed E-state index contributed by atoms with van der Waals surface area (Å²) in [6.07, 6.45) is 1.80. The number of anilines is 1. The highest BCUT2D eigenvalue weighted by molar-refractivity contribution is 7.90. The van der Waals surface area contributed by atoms with Crippen molar-refractivity contribution < 1.29 is 22.7 Å². The number of sulfonamides is 1. The monoisotopic (exact) mass is 630 g/mol. The number of benzene rings is 3. The smallest absolute Gasteiger partial charge is 0.340 e. The molecule has 0 saturated carbocycles. The van der Waals surface area contributed by atoms with Crippen LogP contribution in [0.25, 0.3) is 16.5 Å². The first kappa shape index (κ1) is 31.3. The zero-order valence-corrected chi connectivity index (χ0v) is 26.1. The van der Waals surface area contributed by atoms with Gasteiger partial charge in [-0.3, -0.25) is 4.79 Å². The lowest BCUT2D eigenvalue weighted by Gasteiger charge is -2.21. The minimum absolute atomic E-state index is 0.0331. The van der Waals surface area contributed by atoms with Crippen molar-refractivity contribution in [2.45, 2.75) is 45.4 Å². The van der Waals surface area contributed by atoms with Gasteiger partial charge in [-0.1, -0.05) is 55.2 Å². The summed E-state index contributed by atoms with van der Waals surface area (Å²) in [7, 11) is -4.27. The quantitative estimate of drug-likeness (QED) is 0.187. The van der Waals surface area contributed by atoms with Crippen LogP contribution in [-0.4, -0.2) is 49.8 Å². The summed E-state index contributed by atoms with van der Waals surface area (Å²) in [5, 5.41) is 6.85. The molecule has 1 aromatic heterocycles. The van der Waals surface area contributed by atoms with E-state index in [4.69, 9.17) is 33.0 Å². The molecule has 0 spiro atoms. The molecule has 0 atom stereocenters. The standard InChI is InChI=1S/C30H32Cl2N4O5S/c1-5-15-35(16-6-2)28-27(32)19(4)36(33-28)26-14-12-21(17-24(26)30(38)41-7-3)29(37)34-42(39,40)22-13-11-20-9-8-10-25(31)23(20)18-22/h8-14,17-18H,5-7,15-16H2,1-4H3,(H,34,37). The second kappa shape index (κ2) is 13.1. The minimum atomic E-state index is -4.27. The van der Waals surface area contributed by atoms with Crippen LogP contribution in [0.5, 0.6) is 0 Å². The van der Waals surface area contributed by atoms with Crippen LogP contribution in [0.4, 0.5) is 5.82 Å². The molecule has 1 amide bonds. The molecule has 1 heterocycles. The Morgan fingerprint density at radius 2 is 1.71 bits per heavy atom. The molecule has 1 N–H and O–H groups in total. The van der Waals surface area contributed by atoms with Crippen molar-refractivity contribution >= 4 is 61.7 Å². The summed E-state index contributed by atoms with van der Waals surface area (Å²) in [5.74, 6) is -1.02. The van der Waals surface area contributed by atoms with E-state index in [9.17, 15) is 18.0 Å². The van der Waals surface area contributed by atoms with E-state index in [1.165, 1.54) is 30.3 Å². The van der Waals surface area contributed by atoms with Gasteiger partial charge in [-0.15, -0.1) is 5.10 Å². The molecule has 0 saturated heterocycles. The number of aromatic nitrogens is 2. The topological polar surface area (TPSA) is 111 Å². The highest BCUT2D eigenvalue weighted by Crippen LogP contribution is 2.32. The average molecular weight is 632 g/mol. The summed E-state index contributed by atoms with van der Waals surface area (Å²) >= 11 is 12.9. The average Bonchev–Trinajstić information content (AvgIpc) is 3.26. The van der Waals surface area contributed by atoms with Crippen molar-refractivity contribution in [2.75, 3.05) is 24.6 Å². The molecule has 0 bridgehead atoms. The van der Waals surface area contributed by atoms with E-state index >= 15 is 0 Å². The third-order valence-corrected chi connectivity index (χ3v) is 8.73. The van der Waals surface area contributed by atoms with Gasteiger partial charge in [-0.2, -0.15) is 0 Å². The van der Waals surface area contributed by atoms with E-state index in [0.29, 0.717) is 32.6 Å². The van der Waals surface area contributed by atoms with Gasteiger partial charge in [0.25, 0.3) is 15.9 Å². The SMILES string of the molecule is CCCN(CCC)c1nn(-c2ccc(C(=O)NS(=O)(=O)c3ccc4cccc(Cl)c4c3)cc2C(=O)OCC)c(C)c1Cl. The first-order valence-electron chi connectivity index (χ1n) is 13.6. The zero-order chi connectivity index (χ0) is 30.6. The normalized spacial score (nSPS) is 11.5. The third-order valence-electron chi connectivity index (χ3n) is 6.63. The summed E-state index contributed by atoms with van der Waals surface area (Å²) in [6.45, 7) is 9.19.